The normalized spacial score (nSPS) is 14.0. The van der Waals surface area contributed by atoms with Crippen molar-refractivity contribution < 1.29 is 0 Å². The molecule has 78 valence electrons. The van der Waals surface area contributed by atoms with Crippen molar-refractivity contribution in [1.29, 1.82) is 0 Å². The lowest BCUT2D eigenvalue weighted by atomic mass is 10.1. The number of hydrogen-bond acceptors (Lipinski definition) is 0. The maximum absolute atomic E-state index is 3.66. The van der Waals surface area contributed by atoms with Gasteiger partial charge in [-0.15, -0.1) is 0 Å². The fraction of sp³-hybridized carbons (Fsp3) is 0.400. The lowest BCUT2D eigenvalue weighted by Gasteiger charge is -2.16. The van der Waals surface area contributed by atoms with Gasteiger partial charge in [0, 0.05) is 4.83 Å². The number of halogens is 4. The van der Waals surface area contributed by atoms with Crippen LogP contribution >= 0.6 is 63.7 Å². The molecule has 0 saturated heterocycles. The summed E-state index contributed by atoms with van der Waals surface area (Å²) in [6.07, 6.45) is 1.99. The third kappa shape index (κ3) is 5.89. The predicted molar refractivity (Wildman–Crippen MR) is 77.0 cm³/mol. The summed E-state index contributed by atoms with van der Waals surface area (Å²) in [5.74, 6) is 0. The van der Waals surface area contributed by atoms with Crippen molar-refractivity contribution in [2.24, 2.45) is 0 Å². The molecule has 0 N–H and O–H groups in total. The molecule has 1 aromatic rings. The molecule has 0 amide bonds. The van der Waals surface area contributed by atoms with E-state index in [1.54, 1.807) is 0 Å². The van der Waals surface area contributed by atoms with Gasteiger partial charge in [0.25, 0.3) is 0 Å². The zero-order valence-electron chi connectivity index (χ0n) is 7.39. The van der Waals surface area contributed by atoms with E-state index >= 15 is 0 Å². The molecule has 0 nitrogen and oxygen atoms in total. The van der Waals surface area contributed by atoms with Crippen LogP contribution in [0.4, 0.5) is 0 Å². The monoisotopic (exact) mass is 446 g/mol. The summed E-state index contributed by atoms with van der Waals surface area (Å²) in [4.78, 5) is 0.447. The first-order valence-corrected chi connectivity index (χ1v) is 7.51. The molecule has 0 spiro atoms. The Labute approximate surface area is 118 Å². The van der Waals surface area contributed by atoms with Crippen molar-refractivity contribution in [2.45, 2.75) is 19.8 Å². The Hall–Kier alpha value is 1.14. The third-order valence-corrected chi connectivity index (χ3v) is 3.37. The van der Waals surface area contributed by atoms with Gasteiger partial charge >= 0.3 is 0 Å². The average molecular weight is 450 g/mol. The summed E-state index contributed by atoms with van der Waals surface area (Å²) in [5.41, 5.74) is 1.35. The highest BCUT2D eigenvalue weighted by Gasteiger charge is 2.22. The Morgan fingerprint density at radius 1 is 1.07 bits per heavy atom. The Balaban J connectivity index is 2.46. The van der Waals surface area contributed by atoms with Gasteiger partial charge in [-0.3, -0.25) is 0 Å². The fourth-order valence-electron chi connectivity index (χ4n) is 1.19. The number of alkyl halides is 4. The minimum Gasteiger partial charge on any atom is -0.0886 e. The van der Waals surface area contributed by atoms with E-state index in [0.29, 0.717) is 4.83 Å². The van der Waals surface area contributed by atoms with Crippen LogP contribution in [0.25, 0.3) is 0 Å². The van der Waals surface area contributed by atoms with Crippen molar-refractivity contribution in [3.05, 3.63) is 35.9 Å². The van der Waals surface area contributed by atoms with E-state index in [2.05, 4.69) is 88.0 Å². The van der Waals surface area contributed by atoms with Gasteiger partial charge in [0.1, 0.15) is 2.14 Å². The molecule has 0 aromatic heterocycles. The summed E-state index contributed by atoms with van der Waals surface area (Å²) in [7, 11) is 0. The van der Waals surface area contributed by atoms with E-state index in [-0.39, 0.29) is 2.14 Å². The molecule has 4 heteroatoms. The molecule has 1 atom stereocenters. The Bertz CT molecular complexity index is 265. The van der Waals surface area contributed by atoms with Crippen molar-refractivity contribution in [2.75, 3.05) is 0 Å². The highest BCUT2D eigenvalue weighted by atomic mass is 80.0. The van der Waals surface area contributed by atoms with E-state index < -0.39 is 0 Å². The van der Waals surface area contributed by atoms with E-state index in [1.165, 1.54) is 5.56 Å². The highest BCUT2D eigenvalue weighted by Crippen LogP contribution is 2.40. The van der Waals surface area contributed by atoms with E-state index in [9.17, 15) is 0 Å². The molecule has 0 radical (unpaired) electrons. The third-order valence-electron chi connectivity index (χ3n) is 1.75. The van der Waals surface area contributed by atoms with Gasteiger partial charge in [-0.2, -0.15) is 0 Å². The molecule has 0 aliphatic heterocycles. The summed E-state index contributed by atoms with van der Waals surface area (Å²) >= 11 is 14.1. The SMILES string of the molecule is Br[C@H](Cc1ccccc1)CC(Br)(Br)Br. The van der Waals surface area contributed by atoms with Gasteiger partial charge < -0.3 is 0 Å². The molecule has 1 rings (SSSR count). The minimum absolute atomic E-state index is 0.157. The maximum atomic E-state index is 3.66. The second kappa shape index (κ2) is 6.02. The van der Waals surface area contributed by atoms with Crippen LogP contribution in [-0.4, -0.2) is 6.97 Å². The van der Waals surface area contributed by atoms with Crippen LogP contribution in [-0.2, 0) is 6.42 Å². The van der Waals surface area contributed by atoms with Gasteiger partial charge in [-0.25, -0.2) is 0 Å². The van der Waals surface area contributed by atoms with Crippen LogP contribution in [0.1, 0.15) is 12.0 Å². The molecule has 0 saturated carbocycles. The van der Waals surface area contributed by atoms with E-state index in [1.807, 2.05) is 6.07 Å². The molecular formula is C10H10Br4. The molecule has 0 aliphatic carbocycles. The van der Waals surface area contributed by atoms with E-state index in [4.69, 9.17) is 0 Å². The largest absolute Gasteiger partial charge is 0.136 e. The first-order chi connectivity index (χ1) is 6.47. The average Bonchev–Trinajstić information content (AvgIpc) is 2.02. The van der Waals surface area contributed by atoms with Gasteiger partial charge in [-0.05, 0) is 18.4 Å². The van der Waals surface area contributed by atoms with Crippen molar-refractivity contribution >= 4 is 63.7 Å². The second-order valence-electron chi connectivity index (χ2n) is 3.11. The lowest BCUT2D eigenvalue weighted by molar-refractivity contribution is 0.814. The molecule has 0 aliphatic rings. The van der Waals surface area contributed by atoms with Gasteiger partial charge in [0.05, 0.1) is 0 Å². The summed E-state index contributed by atoms with van der Waals surface area (Å²) in [6.45, 7) is 0. The number of rotatable bonds is 3. The molecular weight excluding hydrogens is 440 g/mol. The topological polar surface area (TPSA) is 0 Å². The molecule has 0 fully saturated rings. The molecule has 0 heterocycles. The number of benzene rings is 1. The van der Waals surface area contributed by atoms with Gasteiger partial charge in [0.15, 0.2) is 0 Å². The Kier molecular flexibility index (Phi) is 5.68. The smallest absolute Gasteiger partial charge is 0.0886 e. The Morgan fingerprint density at radius 3 is 2.14 bits per heavy atom. The fourth-order valence-corrected chi connectivity index (χ4v) is 4.53. The molecule has 0 bridgehead atoms. The lowest BCUT2D eigenvalue weighted by Crippen LogP contribution is -2.12. The minimum atomic E-state index is -0.157. The predicted octanol–water partition coefficient (Wildman–Crippen LogP) is 5.22. The van der Waals surface area contributed by atoms with Gasteiger partial charge in [-0.1, -0.05) is 94.1 Å². The summed E-state index contributed by atoms with van der Waals surface area (Å²) in [5, 5.41) is 0. The van der Waals surface area contributed by atoms with Crippen molar-refractivity contribution in [3.8, 4) is 0 Å². The first-order valence-electron chi connectivity index (χ1n) is 4.22. The van der Waals surface area contributed by atoms with Crippen LogP contribution < -0.4 is 0 Å². The quantitative estimate of drug-likeness (QED) is 0.555. The number of hydrogen-bond donors (Lipinski definition) is 0. The van der Waals surface area contributed by atoms with Crippen molar-refractivity contribution in [1.82, 2.24) is 0 Å². The van der Waals surface area contributed by atoms with Crippen molar-refractivity contribution in [3.63, 3.8) is 0 Å². The molecule has 14 heavy (non-hydrogen) atoms. The van der Waals surface area contributed by atoms with Crippen LogP contribution in [0.2, 0.25) is 0 Å². The zero-order valence-corrected chi connectivity index (χ0v) is 13.7. The first kappa shape index (κ1) is 13.2. The van der Waals surface area contributed by atoms with Crippen LogP contribution in [0.15, 0.2) is 30.3 Å². The highest BCUT2D eigenvalue weighted by molar-refractivity contribution is 9.39. The van der Waals surface area contributed by atoms with Crippen LogP contribution in [0, 0.1) is 0 Å². The summed E-state index contributed by atoms with van der Waals surface area (Å²) < 4.78 is -0.157. The zero-order chi connectivity index (χ0) is 10.6. The molecule has 1 aromatic carbocycles. The standard InChI is InChI=1S/C10H10Br4/c11-9(7-10(12,13)14)6-8-4-2-1-3-5-8/h1-5,9H,6-7H2/t9-/m1/s1. The maximum Gasteiger partial charge on any atom is 0.136 e. The van der Waals surface area contributed by atoms with Gasteiger partial charge in [0.2, 0.25) is 0 Å². The molecule has 0 unspecified atom stereocenters. The van der Waals surface area contributed by atoms with Crippen LogP contribution in [0.3, 0.4) is 0 Å². The van der Waals surface area contributed by atoms with Crippen LogP contribution in [0.5, 0.6) is 0 Å². The Morgan fingerprint density at radius 2 is 1.64 bits per heavy atom. The summed E-state index contributed by atoms with van der Waals surface area (Å²) in [6, 6.07) is 10.5. The van der Waals surface area contributed by atoms with E-state index in [0.717, 1.165) is 12.8 Å². The second-order valence-corrected chi connectivity index (χ2v) is 11.7.